The van der Waals surface area contributed by atoms with Crippen LogP contribution in [-0.4, -0.2) is 35.8 Å². The molecule has 3 aromatic rings. The van der Waals surface area contributed by atoms with Crippen molar-refractivity contribution in [2.45, 2.75) is 24.3 Å². The normalized spacial score (nSPS) is 12.0. The van der Waals surface area contributed by atoms with Gasteiger partial charge < -0.3 is 9.88 Å². The highest BCUT2D eigenvalue weighted by Crippen LogP contribution is 2.28. The second-order valence-electron chi connectivity index (χ2n) is 5.68. The molecule has 0 saturated heterocycles. The average molecular weight is 404 g/mol. The summed E-state index contributed by atoms with van der Waals surface area (Å²) in [4.78, 5) is 27.2. The average Bonchev–Trinajstić information content (AvgIpc) is 3.24. The highest BCUT2D eigenvalue weighted by Gasteiger charge is 2.19. The van der Waals surface area contributed by atoms with E-state index in [1.165, 1.54) is 35.2 Å². The van der Waals surface area contributed by atoms with Crippen molar-refractivity contribution in [1.82, 2.24) is 19.7 Å². The minimum atomic E-state index is -0.453. The van der Waals surface area contributed by atoms with Crippen molar-refractivity contribution < 1.29 is 9.72 Å². The van der Waals surface area contributed by atoms with Crippen LogP contribution in [0.15, 0.2) is 34.8 Å². The Labute approximate surface area is 163 Å². The fraction of sp³-hybridized carbons (Fsp3) is 0.250. The van der Waals surface area contributed by atoms with Gasteiger partial charge in [-0.3, -0.25) is 14.9 Å². The molecule has 1 amide bonds. The minimum Gasteiger partial charge on any atom is -0.309 e. The highest BCUT2D eigenvalue weighted by atomic mass is 32.2. The van der Waals surface area contributed by atoms with Gasteiger partial charge in [0.25, 0.3) is 5.69 Å². The van der Waals surface area contributed by atoms with E-state index in [0.717, 1.165) is 5.82 Å². The SMILES string of the molecule is Cc1nnc(S[C@@H](C)C(=O)Nc2nc(-c3cccc([N+](=O)[O-])c3)cs2)n1C. The molecule has 0 aliphatic heterocycles. The zero-order valence-corrected chi connectivity index (χ0v) is 16.4. The van der Waals surface area contributed by atoms with Gasteiger partial charge in [0.15, 0.2) is 10.3 Å². The first-order chi connectivity index (χ1) is 12.8. The van der Waals surface area contributed by atoms with Crippen molar-refractivity contribution in [3.63, 3.8) is 0 Å². The van der Waals surface area contributed by atoms with Crippen LogP contribution in [0.2, 0.25) is 0 Å². The molecule has 9 nitrogen and oxygen atoms in total. The molecule has 0 fully saturated rings. The Balaban J connectivity index is 1.68. The van der Waals surface area contributed by atoms with Crippen molar-refractivity contribution in [2.24, 2.45) is 7.05 Å². The summed E-state index contributed by atoms with van der Waals surface area (Å²) in [6.07, 6.45) is 0. The first-order valence-corrected chi connectivity index (χ1v) is 9.65. The Morgan fingerprint density at radius 1 is 1.41 bits per heavy atom. The number of nitrogens with zero attached hydrogens (tertiary/aromatic N) is 5. The van der Waals surface area contributed by atoms with Gasteiger partial charge in [-0.1, -0.05) is 23.9 Å². The Morgan fingerprint density at radius 2 is 2.19 bits per heavy atom. The second-order valence-corrected chi connectivity index (χ2v) is 7.85. The summed E-state index contributed by atoms with van der Waals surface area (Å²) in [7, 11) is 1.84. The lowest BCUT2D eigenvalue weighted by Crippen LogP contribution is -2.22. The Hall–Kier alpha value is -2.79. The number of nitro benzene ring substituents is 1. The molecule has 0 spiro atoms. The fourth-order valence-corrected chi connectivity index (χ4v) is 3.73. The molecule has 0 aliphatic carbocycles. The number of aromatic nitrogens is 4. The van der Waals surface area contributed by atoms with Crippen molar-refractivity contribution in [2.75, 3.05) is 5.32 Å². The number of hydrogen-bond acceptors (Lipinski definition) is 8. The van der Waals surface area contributed by atoms with E-state index in [4.69, 9.17) is 0 Å². The quantitative estimate of drug-likeness (QED) is 0.381. The molecule has 27 heavy (non-hydrogen) atoms. The van der Waals surface area contributed by atoms with Crippen molar-refractivity contribution in [3.05, 3.63) is 45.6 Å². The molecule has 0 aliphatic rings. The van der Waals surface area contributed by atoms with E-state index in [1.54, 1.807) is 24.4 Å². The van der Waals surface area contributed by atoms with Gasteiger partial charge in [0.2, 0.25) is 5.91 Å². The summed E-state index contributed by atoms with van der Waals surface area (Å²) in [6.45, 7) is 3.62. The number of hydrogen-bond donors (Lipinski definition) is 1. The van der Waals surface area contributed by atoms with Crippen molar-refractivity contribution >= 4 is 39.8 Å². The number of thiazole rings is 1. The van der Waals surface area contributed by atoms with Crippen LogP contribution in [0, 0.1) is 17.0 Å². The molecule has 2 aromatic heterocycles. The number of amides is 1. The lowest BCUT2D eigenvalue weighted by Gasteiger charge is -2.09. The van der Waals surface area contributed by atoms with Gasteiger partial charge in [0.1, 0.15) is 5.82 Å². The molecule has 1 atom stereocenters. The monoisotopic (exact) mass is 404 g/mol. The van der Waals surface area contributed by atoms with Gasteiger partial charge >= 0.3 is 0 Å². The van der Waals surface area contributed by atoms with Gasteiger partial charge in [-0.2, -0.15) is 0 Å². The molecule has 0 saturated carbocycles. The maximum Gasteiger partial charge on any atom is 0.270 e. The first kappa shape index (κ1) is 19.0. The topological polar surface area (TPSA) is 116 Å². The number of non-ortho nitro benzene ring substituents is 1. The third kappa shape index (κ3) is 4.31. The predicted molar refractivity (Wildman–Crippen MR) is 104 cm³/mol. The summed E-state index contributed by atoms with van der Waals surface area (Å²) in [6, 6.07) is 6.22. The molecule has 0 unspecified atom stereocenters. The smallest absolute Gasteiger partial charge is 0.270 e. The number of nitro groups is 1. The molecule has 0 radical (unpaired) electrons. The highest BCUT2D eigenvalue weighted by molar-refractivity contribution is 8.00. The van der Waals surface area contributed by atoms with Gasteiger partial charge in [-0.05, 0) is 13.8 Å². The second kappa shape index (κ2) is 7.84. The van der Waals surface area contributed by atoms with E-state index in [1.807, 2.05) is 18.5 Å². The zero-order valence-electron chi connectivity index (χ0n) is 14.7. The van der Waals surface area contributed by atoms with Crippen LogP contribution in [0.5, 0.6) is 0 Å². The fourth-order valence-electron chi connectivity index (χ4n) is 2.15. The summed E-state index contributed by atoms with van der Waals surface area (Å²) < 4.78 is 1.82. The first-order valence-electron chi connectivity index (χ1n) is 7.89. The van der Waals surface area contributed by atoms with Gasteiger partial charge in [-0.15, -0.1) is 21.5 Å². The largest absolute Gasteiger partial charge is 0.309 e. The number of anilines is 1. The number of rotatable bonds is 6. The Morgan fingerprint density at radius 3 is 2.85 bits per heavy atom. The number of nitrogens with one attached hydrogen (secondary N) is 1. The van der Waals surface area contributed by atoms with E-state index in [2.05, 4.69) is 20.5 Å². The third-order valence-corrected chi connectivity index (χ3v) is 5.68. The molecular weight excluding hydrogens is 388 g/mol. The predicted octanol–water partition coefficient (Wildman–Crippen LogP) is 3.27. The standard InChI is InChI=1S/C16H16N6O3S2/c1-9(27-16-20-19-10(2)21(16)3)14(23)18-15-17-13(8-26-15)11-5-4-6-12(7-11)22(24)25/h4-9H,1-3H3,(H,17,18,23)/t9-/m0/s1. The Kier molecular flexibility index (Phi) is 5.51. The number of aryl methyl sites for hydroxylation is 1. The van der Waals surface area contributed by atoms with Crippen molar-refractivity contribution in [1.29, 1.82) is 0 Å². The molecule has 2 heterocycles. The minimum absolute atomic E-state index is 0.00456. The van der Waals surface area contributed by atoms with Gasteiger partial charge in [-0.25, -0.2) is 4.98 Å². The number of thioether (sulfide) groups is 1. The molecular formula is C16H16N6O3S2. The van der Waals surface area contributed by atoms with Crippen LogP contribution >= 0.6 is 23.1 Å². The molecule has 3 rings (SSSR count). The van der Waals surface area contributed by atoms with E-state index in [9.17, 15) is 14.9 Å². The summed E-state index contributed by atoms with van der Waals surface area (Å²) in [5, 5.41) is 24.1. The van der Waals surface area contributed by atoms with Crippen LogP contribution in [0.25, 0.3) is 11.3 Å². The summed E-state index contributed by atoms with van der Waals surface area (Å²) >= 11 is 2.57. The van der Waals surface area contributed by atoms with Gasteiger partial charge in [0, 0.05) is 30.1 Å². The molecule has 1 N–H and O–H groups in total. The van der Waals surface area contributed by atoms with Crippen LogP contribution in [0.3, 0.4) is 0 Å². The third-order valence-electron chi connectivity index (χ3n) is 3.79. The zero-order chi connectivity index (χ0) is 19.6. The molecule has 1 aromatic carbocycles. The molecule has 0 bridgehead atoms. The molecule has 11 heteroatoms. The number of carbonyl (C=O) groups is 1. The maximum absolute atomic E-state index is 12.4. The van der Waals surface area contributed by atoms with Crippen LogP contribution in [-0.2, 0) is 11.8 Å². The summed E-state index contributed by atoms with van der Waals surface area (Å²) in [5.74, 6) is 0.562. The van der Waals surface area contributed by atoms with E-state index < -0.39 is 10.2 Å². The van der Waals surface area contributed by atoms with E-state index >= 15 is 0 Å². The van der Waals surface area contributed by atoms with E-state index in [0.29, 0.717) is 21.5 Å². The number of carbonyl (C=O) groups excluding carboxylic acids is 1. The Bertz CT molecular complexity index is 1000. The lowest BCUT2D eigenvalue weighted by atomic mass is 10.1. The lowest BCUT2D eigenvalue weighted by molar-refractivity contribution is -0.384. The van der Waals surface area contributed by atoms with Crippen LogP contribution in [0.4, 0.5) is 10.8 Å². The van der Waals surface area contributed by atoms with Crippen molar-refractivity contribution in [3.8, 4) is 11.3 Å². The van der Waals surface area contributed by atoms with Gasteiger partial charge in [0.05, 0.1) is 15.9 Å². The van der Waals surface area contributed by atoms with Crippen LogP contribution in [0.1, 0.15) is 12.7 Å². The number of benzene rings is 1. The summed E-state index contributed by atoms with van der Waals surface area (Å²) in [5.41, 5.74) is 1.19. The molecule has 140 valence electrons. The van der Waals surface area contributed by atoms with E-state index in [-0.39, 0.29) is 11.6 Å². The van der Waals surface area contributed by atoms with Crippen LogP contribution < -0.4 is 5.32 Å². The maximum atomic E-state index is 12.4.